The fourth-order valence-electron chi connectivity index (χ4n) is 3.45. The third-order valence-electron chi connectivity index (χ3n) is 4.98. The molecule has 1 unspecified atom stereocenters. The van der Waals surface area contributed by atoms with Gasteiger partial charge in [-0.25, -0.2) is 4.79 Å². The summed E-state index contributed by atoms with van der Waals surface area (Å²) in [6, 6.07) is 4.56. The number of rotatable bonds is 3. The predicted octanol–water partition coefficient (Wildman–Crippen LogP) is 0.805. The first-order chi connectivity index (χ1) is 12.0. The van der Waals surface area contributed by atoms with Gasteiger partial charge in [-0.1, -0.05) is 6.07 Å². The molecule has 0 spiro atoms. The minimum absolute atomic E-state index is 0.131. The van der Waals surface area contributed by atoms with Crippen LogP contribution < -0.4 is 14.8 Å². The third kappa shape index (κ3) is 2.48. The summed E-state index contributed by atoms with van der Waals surface area (Å²) in [5.41, 5.74) is -0.644. The number of nitrogens with one attached hydrogen (secondary N) is 1. The average molecular weight is 345 g/mol. The van der Waals surface area contributed by atoms with Gasteiger partial charge in [-0.3, -0.25) is 14.5 Å². The molecule has 132 valence electrons. The first-order valence-corrected chi connectivity index (χ1v) is 8.31. The van der Waals surface area contributed by atoms with Crippen molar-refractivity contribution < 1.29 is 23.9 Å². The molecular weight excluding hydrogens is 326 g/mol. The molecule has 0 aromatic heterocycles. The Balaban J connectivity index is 1.56. The number of benzene rings is 1. The number of amides is 4. The number of ether oxygens (including phenoxy) is 2. The normalized spacial score (nSPS) is 24.8. The summed E-state index contributed by atoms with van der Waals surface area (Å²) in [5, 5.41) is 2.70. The van der Waals surface area contributed by atoms with Crippen LogP contribution in [0.5, 0.6) is 11.5 Å². The maximum Gasteiger partial charge on any atom is 0.325 e. The second kappa shape index (κ2) is 5.65. The lowest BCUT2D eigenvalue weighted by molar-refractivity contribution is -0.138. The molecule has 0 saturated carbocycles. The quantitative estimate of drug-likeness (QED) is 0.819. The van der Waals surface area contributed by atoms with Crippen LogP contribution in [0, 0.1) is 0 Å². The topological polar surface area (TPSA) is 88.2 Å². The minimum atomic E-state index is -1.23. The van der Waals surface area contributed by atoms with Crippen molar-refractivity contribution in [1.29, 1.82) is 0 Å². The summed E-state index contributed by atoms with van der Waals surface area (Å²) >= 11 is 0. The number of urea groups is 1. The first kappa shape index (κ1) is 15.7. The lowest BCUT2D eigenvalue weighted by Gasteiger charge is -2.23. The third-order valence-corrected chi connectivity index (χ3v) is 4.98. The Morgan fingerprint density at radius 1 is 1.20 bits per heavy atom. The van der Waals surface area contributed by atoms with E-state index in [1.54, 1.807) is 30.0 Å². The molecule has 0 aliphatic carbocycles. The highest BCUT2D eigenvalue weighted by molar-refractivity contribution is 6.09. The predicted molar refractivity (Wildman–Crippen MR) is 86.0 cm³/mol. The molecular formula is C17H19N3O5. The van der Waals surface area contributed by atoms with Crippen LogP contribution in [0.3, 0.4) is 0 Å². The summed E-state index contributed by atoms with van der Waals surface area (Å²) < 4.78 is 10.6. The molecule has 8 nitrogen and oxygen atoms in total. The van der Waals surface area contributed by atoms with E-state index >= 15 is 0 Å². The highest BCUT2D eigenvalue weighted by Gasteiger charge is 2.50. The lowest BCUT2D eigenvalue weighted by atomic mass is 9.91. The molecule has 0 bridgehead atoms. The van der Waals surface area contributed by atoms with Crippen LogP contribution in [-0.4, -0.2) is 54.1 Å². The van der Waals surface area contributed by atoms with Crippen molar-refractivity contribution in [3.05, 3.63) is 23.8 Å². The molecule has 4 rings (SSSR count). The molecule has 1 aromatic carbocycles. The molecule has 1 aromatic rings. The van der Waals surface area contributed by atoms with E-state index < -0.39 is 17.5 Å². The Bertz CT molecular complexity index is 759. The molecule has 3 heterocycles. The average Bonchev–Trinajstić information content (AvgIpc) is 3.31. The zero-order chi connectivity index (χ0) is 17.6. The number of fused-ring (bicyclic) bond motifs is 1. The molecule has 3 aliphatic rings. The van der Waals surface area contributed by atoms with Gasteiger partial charge in [0, 0.05) is 13.1 Å². The van der Waals surface area contributed by atoms with E-state index in [0.29, 0.717) is 30.2 Å². The smallest absolute Gasteiger partial charge is 0.325 e. The number of imide groups is 1. The van der Waals surface area contributed by atoms with E-state index in [2.05, 4.69) is 5.32 Å². The van der Waals surface area contributed by atoms with Crippen LogP contribution in [0.2, 0.25) is 0 Å². The van der Waals surface area contributed by atoms with Gasteiger partial charge < -0.3 is 19.7 Å². The molecule has 2 saturated heterocycles. The summed E-state index contributed by atoms with van der Waals surface area (Å²) in [6.45, 7) is 2.89. The van der Waals surface area contributed by atoms with Crippen molar-refractivity contribution in [2.75, 3.05) is 26.4 Å². The Morgan fingerprint density at radius 2 is 1.92 bits per heavy atom. The largest absolute Gasteiger partial charge is 0.454 e. The number of likely N-dealkylation sites (tertiary alicyclic amines) is 1. The minimum Gasteiger partial charge on any atom is -0.454 e. The SMILES string of the molecule is CC1(c2ccc3c(c2)OCO3)NC(=O)N(CC(=O)N2CCCC2)C1=O. The number of hydrogen-bond acceptors (Lipinski definition) is 5. The van der Waals surface area contributed by atoms with Gasteiger partial charge in [0.2, 0.25) is 12.7 Å². The lowest BCUT2D eigenvalue weighted by Crippen LogP contribution is -2.43. The second-order valence-corrected chi connectivity index (χ2v) is 6.60. The van der Waals surface area contributed by atoms with Crippen LogP contribution >= 0.6 is 0 Å². The highest BCUT2D eigenvalue weighted by atomic mass is 16.7. The summed E-state index contributed by atoms with van der Waals surface area (Å²) in [6.07, 6.45) is 1.92. The summed E-state index contributed by atoms with van der Waals surface area (Å²) in [7, 11) is 0. The Morgan fingerprint density at radius 3 is 2.68 bits per heavy atom. The van der Waals surface area contributed by atoms with Crippen molar-refractivity contribution in [3.63, 3.8) is 0 Å². The number of nitrogens with zero attached hydrogens (tertiary/aromatic N) is 2. The first-order valence-electron chi connectivity index (χ1n) is 8.31. The second-order valence-electron chi connectivity index (χ2n) is 6.60. The Labute approximate surface area is 144 Å². The van der Waals surface area contributed by atoms with Crippen molar-refractivity contribution in [2.24, 2.45) is 0 Å². The molecule has 25 heavy (non-hydrogen) atoms. The van der Waals surface area contributed by atoms with E-state index in [1.165, 1.54) is 0 Å². The van der Waals surface area contributed by atoms with Crippen molar-refractivity contribution >= 4 is 17.8 Å². The fourth-order valence-corrected chi connectivity index (χ4v) is 3.45. The van der Waals surface area contributed by atoms with Gasteiger partial charge in [-0.2, -0.15) is 0 Å². The van der Waals surface area contributed by atoms with E-state index in [-0.39, 0.29) is 19.2 Å². The number of carbonyl (C=O) groups is 3. The van der Waals surface area contributed by atoms with Crippen LogP contribution in [0.15, 0.2) is 18.2 Å². The molecule has 0 radical (unpaired) electrons. The molecule has 2 fully saturated rings. The van der Waals surface area contributed by atoms with Gasteiger partial charge in [0.05, 0.1) is 0 Å². The monoisotopic (exact) mass is 345 g/mol. The van der Waals surface area contributed by atoms with Crippen LogP contribution in [0.4, 0.5) is 4.79 Å². The molecule has 4 amide bonds. The van der Waals surface area contributed by atoms with Gasteiger partial charge in [0.25, 0.3) is 5.91 Å². The maximum atomic E-state index is 12.9. The fraction of sp³-hybridized carbons (Fsp3) is 0.471. The maximum absolute atomic E-state index is 12.9. The standard InChI is InChI=1S/C17H19N3O5/c1-17(11-4-5-12-13(8-11)25-10-24-12)15(22)20(16(23)18-17)9-14(21)19-6-2-3-7-19/h4-5,8H,2-3,6-7,9-10H2,1H3,(H,18,23). The van der Waals surface area contributed by atoms with Crippen molar-refractivity contribution in [2.45, 2.75) is 25.3 Å². The summed E-state index contributed by atoms with van der Waals surface area (Å²) in [4.78, 5) is 40.2. The highest BCUT2D eigenvalue weighted by Crippen LogP contribution is 2.37. The zero-order valence-corrected chi connectivity index (χ0v) is 13.9. The number of carbonyl (C=O) groups excluding carboxylic acids is 3. The van der Waals surface area contributed by atoms with Crippen LogP contribution in [0.25, 0.3) is 0 Å². The summed E-state index contributed by atoms with van der Waals surface area (Å²) in [5.74, 6) is 0.498. The zero-order valence-electron chi connectivity index (χ0n) is 13.9. The van der Waals surface area contributed by atoms with Crippen molar-refractivity contribution in [3.8, 4) is 11.5 Å². The van der Waals surface area contributed by atoms with E-state index in [9.17, 15) is 14.4 Å². The van der Waals surface area contributed by atoms with Gasteiger partial charge >= 0.3 is 6.03 Å². The Hall–Kier alpha value is -2.77. The van der Waals surface area contributed by atoms with E-state index in [0.717, 1.165) is 17.7 Å². The van der Waals surface area contributed by atoms with Gasteiger partial charge in [-0.15, -0.1) is 0 Å². The molecule has 3 aliphatic heterocycles. The van der Waals surface area contributed by atoms with Crippen LogP contribution in [0.1, 0.15) is 25.3 Å². The molecule has 1 atom stereocenters. The number of hydrogen-bond donors (Lipinski definition) is 1. The van der Waals surface area contributed by atoms with Gasteiger partial charge in [0.1, 0.15) is 12.1 Å². The van der Waals surface area contributed by atoms with E-state index in [4.69, 9.17) is 9.47 Å². The Kier molecular flexibility index (Phi) is 3.55. The van der Waals surface area contributed by atoms with Crippen molar-refractivity contribution in [1.82, 2.24) is 15.1 Å². The van der Waals surface area contributed by atoms with Crippen LogP contribution in [-0.2, 0) is 15.1 Å². The molecule has 1 N–H and O–H groups in total. The van der Waals surface area contributed by atoms with E-state index in [1.807, 2.05) is 0 Å². The van der Waals surface area contributed by atoms with Gasteiger partial charge in [-0.05, 0) is 37.5 Å². The van der Waals surface area contributed by atoms with Gasteiger partial charge in [0.15, 0.2) is 11.5 Å². The molecule has 8 heteroatoms.